The van der Waals surface area contributed by atoms with Crippen molar-refractivity contribution >= 4 is 15.7 Å². The van der Waals surface area contributed by atoms with Gasteiger partial charge in [-0.15, -0.1) is 0 Å². The monoisotopic (exact) mass is 394 g/mol. The number of carbonyl (C=O) groups is 1. The lowest BCUT2D eigenvalue weighted by Crippen LogP contribution is -2.34. The molecule has 1 aromatic heterocycles. The molecule has 0 aliphatic rings. The van der Waals surface area contributed by atoms with Gasteiger partial charge in [-0.05, 0) is 34.4 Å². The molecular weight excluding hydrogens is 372 g/mol. The number of hydrogen-bond acceptors (Lipinski definition) is 4. The van der Waals surface area contributed by atoms with E-state index in [-0.39, 0.29) is 0 Å². The van der Waals surface area contributed by atoms with Crippen LogP contribution in [-0.4, -0.2) is 36.2 Å². The predicted molar refractivity (Wildman–Crippen MR) is 110 cm³/mol. The van der Waals surface area contributed by atoms with Crippen LogP contribution in [0.15, 0.2) is 79.1 Å². The lowest BCUT2D eigenvalue weighted by molar-refractivity contribution is -0.129. The van der Waals surface area contributed by atoms with Gasteiger partial charge in [0.2, 0.25) is 5.91 Å². The van der Waals surface area contributed by atoms with Crippen LogP contribution in [0.4, 0.5) is 0 Å². The number of rotatable bonds is 7. The molecule has 0 fully saturated rings. The van der Waals surface area contributed by atoms with E-state index in [1.165, 1.54) is 0 Å². The van der Waals surface area contributed by atoms with Crippen molar-refractivity contribution in [2.24, 2.45) is 0 Å². The van der Waals surface area contributed by atoms with Crippen LogP contribution in [0.5, 0.6) is 0 Å². The Morgan fingerprint density at radius 1 is 0.893 bits per heavy atom. The summed E-state index contributed by atoms with van der Waals surface area (Å²) in [5.41, 5.74) is 3.94. The van der Waals surface area contributed by atoms with Crippen molar-refractivity contribution < 1.29 is 13.2 Å². The Morgan fingerprint density at radius 2 is 1.54 bits per heavy atom. The van der Waals surface area contributed by atoms with Crippen molar-refractivity contribution in [2.75, 3.05) is 12.0 Å². The molecule has 0 bridgehead atoms. The van der Waals surface area contributed by atoms with Gasteiger partial charge >= 0.3 is 0 Å². The molecule has 6 heteroatoms. The molecule has 5 nitrogen and oxygen atoms in total. The molecule has 1 amide bonds. The summed E-state index contributed by atoms with van der Waals surface area (Å²) >= 11 is 0. The fourth-order valence-corrected chi connectivity index (χ4v) is 3.65. The first-order valence-corrected chi connectivity index (χ1v) is 11.0. The zero-order valence-corrected chi connectivity index (χ0v) is 16.5. The summed E-state index contributed by atoms with van der Waals surface area (Å²) in [6, 6.07) is 21.4. The molecule has 2 aromatic carbocycles. The van der Waals surface area contributed by atoms with Crippen molar-refractivity contribution in [2.45, 2.75) is 13.1 Å². The molecule has 0 spiro atoms. The number of nitrogens with zero attached hydrogens (tertiary/aromatic N) is 2. The van der Waals surface area contributed by atoms with Gasteiger partial charge in [-0.25, -0.2) is 8.42 Å². The third-order valence-electron chi connectivity index (χ3n) is 4.32. The molecule has 1 heterocycles. The summed E-state index contributed by atoms with van der Waals surface area (Å²) in [7, 11) is -3.42. The van der Waals surface area contributed by atoms with Crippen LogP contribution in [0, 0.1) is 0 Å². The first-order valence-electron chi connectivity index (χ1n) is 8.90. The van der Waals surface area contributed by atoms with Gasteiger partial charge in [0.25, 0.3) is 0 Å². The average molecular weight is 394 g/mol. The van der Waals surface area contributed by atoms with E-state index in [1.807, 2.05) is 66.7 Å². The van der Waals surface area contributed by atoms with Crippen LogP contribution < -0.4 is 0 Å². The average Bonchev–Trinajstić information content (AvgIpc) is 2.68. The molecule has 0 saturated carbocycles. The maximum Gasteiger partial charge on any atom is 0.238 e. The molecule has 0 aliphatic carbocycles. The highest BCUT2D eigenvalue weighted by molar-refractivity contribution is 7.91. The number of sulfone groups is 1. The van der Waals surface area contributed by atoms with Gasteiger partial charge in [0.15, 0.2) is 9.84 Å². The second-order valence-corrected chi connectivity index (χ2v) is 8.84. The number of pyridine rings is 1. The van der Waals surface area contributed by atoms with E-state index < -0.39 is 21.5 Å². The molecule has 28 heavy (non-hydrogen) atoms. The van der Waals surface area contributed by atoms with Crippen molar-refractivity contribution in [3.8, 4) is 11.1 Å². The quantitative estimate of drug-likeness (QED) is 0.617. The summed E-state index contributed by atoms with van der Waals surface area (Å²) in [5.74, 6) is -0.923. The summed E-state index contributed by atoms with van der Waals surface area (Å²) in [6.45, 7) is 0.641. The molecule has 0 N–H and O–H groups in total. The Hall–Kier alpha value is -2.99. The van der Waals surface area contributed by atoms with Gasteiger partial charge in [-0.2, -0.15) is 0 Å². The third-order valence-corrected chi connectivity index (χ3v) is 5.10. The minimum absolute atomic E-state index is 0.319. The Labute approximate surface area is 165 Å². The minimum atomic E-state index is -3.42. The minimum Gasteiger partial charge on any atom is -0.333 e. The van der Waals surface area contributed by atoms with E-state index in [9.17, 15) is 13.2 Å². The van der Waals surface area contributed by atoms with Crippen molar-refractivity contribution in [1.29, 1.82) is 0 Å². The number of aromatic nitrogens is 1. The van der Waals surface area contributed by atoms with Gasteiger partial charge in [-0.1, -0.05) is 54.6 Å². The molecule has 3 rings (SSSR count). The summed E-state index contributed by atoms with van der Waals surface area (Å²) in [6.07, 6.45) is 4.40. The highest BCUT2D eigenvalue weighted by atomic mass is 32.2. The largest absolute Gasteiger partial charge is 0.333 e. The topological polar surface area (TPSA) is 67.3 Å². The summed E-state index contributed by atoms with van der Waals surface area (Å²) in [5, 5.41) is 0. The standard InChI is InChI=1S/C22H22N2O3S/c1-28(26,27)17-22(25)24(15-18-11-13-23-14-12-18)16-20-9-5-6-10-21(20)19-7-3-2-4-8-19/h2-14H,15-17H2,1H3. The van der Waals surface area contributed by atoms with Crippen LogP contribution in [0.2, 0.25) is 0 Å². The predicted octanol–water partition coefficient (Wildman–Crippen LogP) is 3.32. The molecule has 0 atom stereocenters. The Balaban J connectivity index is 1.92. The third kappa shape index (κ3) is 5.50. The van der Waals surface area contributed by atoms with Gasteiger partial charge in [0.1, 0.15) is 5.75 Å². The fraction of sp³-hybridized carbons (Fsp3) is 0.182. The number of amides is 1. The SMILES string of the molecule is CS(=O)(=O)CC(=O)N(Cc1ccncc1)Cc1ccccc1-c1ccccc1. The number of carbonyl (C=O) groups excluding carboxylic acids is 1. The summed E-state index contributed by atoms with van der Waals surface area (Å²) < 4.78 is 23.4. The molecule has 3 aromatic rings. The molecule has 0 saturated heterocycles. The van der Waals surface area contributed by atoms with Crippen molar-refractivity contribution in [1.82, 2.24) is 9.88 Å². The molecular formula is C22H22N2O3S. The number of hydrogen-bond donors (Lipinski definition) is 0. The van der Waals surface area contributed by atoms with Gasteiger partial charge in [0, 0.05) is 31.7 Å². The van der Waals surface area contributed by atoms with Crippen molar-refractivity contribution in [3.05, 3.63) is 90.3 Å². The van der Waals surface area contributed by atoms with Gasteiger partial charge in [0.05, 0.1) is 0 Å². The molecule has 0 unspecified atom stereocenters. The van der Waals surface area contributed by atoms with E-state index in [1.54, 1.807) is 17.3 Å². The van der Waals surface area contributed by atoms with Gasteiger partial charge < -0.3 is 4.90 Å². The Bertz CT molecular complexity index is 1040. The number of benzene rings is 2. The molecule has 0 aliphatic heterocycles. The smallest absolute Gasteiger partial charge is 0.238 e. The Morgan fingerprint density at radius 3 is 2.21 bits per heavy atom. The second-order valence-electron chi connectivity index (χ2n) is 6.70. The zero-order valence-electron chi connectivity index (χ0n) is 15.7. The lowest BCUT2D eigenvalue weighted by Gasteiger charge is -2.24. The van der Waals surface area contributed by atoms with Crippen LogP contribution in [-0.2, 0) is 27.7 Å². The van der Waals surface area contributed by atoms with E-state index in [0.29, 0.717) is 13.1 Å². The van der Waals surface area contributed by atoms with E-state index in [0.717, 1.165) is 28.5 Å². The van der Waals surface area contributed by atoms with Crippen LogP contribution in [0.1, 0.15) is 11.1 Å². The first kappa shape index (κ1) is 19.8. The maximum atomic E-state index is 12.7. The first-order chi connectivity index (χ1) is 13.4. The second kappa shape index (κ2) is 8.80. The van der Waals surface area contributed by atoms with Crippen LogP contribution >= 0.6 is 0 Å². The maximum absolute atomic E-state index is 12.7. The van der Waals surface area contributed by atoms with Crippen molar-refractivity contribution in [3.63, 3.8) is 0 Å². The lowest BCUT2D eigenvalue weighted by atomic mass is 9.99. The van der Waals surface area contributed by atoms with E-state index in [2.05, 4.69) is 4.98 Å². The van der Waals surface area contributed by atoms with Crippen LogP contribution in [0.25, 0.3) is 11.1 Å². The highest BCUT2D eigenvalue weighted by Crippen LogP contribution is 2.25. The van der Waals surface area contributed by atoms with E-state index >= 15 is 0 Å². The molecule has 144 valence electrons. The normalized spacial score (nSPS) is 11.2. The highest BCUT2D eigenvalue weighted by Gasteiger charge is 2.20. The fourth-order valence-electron chi connectivity index (χ4n) is 3.02. The molecule has 0 radical (unpaired) electrons. The zero-order chi connectivity index (χ0) is 20.0. The summed E-state index contributed by atoms with van der Waals surface area (Å²) in [4.78, 5) is 18.3. The van der Waals surface area contributed by atoms with Crippen LogP contribution in [0.3, 0.4) is 0 Å². The van der Waals surface area contributed by atoms with E-state index in [4.69, 9.17) is 0 Å². The Kier molecular flexibility index (Phi) is 6.21. The van der Waals surface area contributed by atoms with Gasteiger partial charge in [-0.3, -0.25) is 9.78 Å².